The van der Waals surface area contributed by atoms with Gasteiger partial charge >= 0.3 is 0 Å². The predicted octanol–water partition coefficient (Wildman–Crippen LogP) is 3.07. The van der Waals surface area contributed by atoms with E-state index in [1.807, 2.05) is 0 Å². The largest absolute Gasteiger partial charge is 0.329 e. The van der Waals surface area contributed by atoms with Crippen LogP contribution in [0.1, 0.15) is 16.7 Å². The average Bonchev–Trinajstić information content (AvgIpc) is 2.88. The van der Waals surface area contributed by atoms with Crippen LogP contribution in [0.5, 0.6) is 0 Å². The maximum absolute atomic E-state index is 5.90. The molecule has 0 aromatic carbocycles. The quantitative estimate of drug-likeness (QED) is 0.850. The summed E-state index contributed by atoms with van der Waals surface area (Å²) in [6.07, 6.45) is 0. The fraction of sp³-hybridized carbons (Fsp3) is 0.273. The van der Waals surface area contributed by atoms with E-state index in [0.717, 1.165) is 0 Å². The molecular weight excluding hydrogens is 210 g/mol. The van der Waals surface area contributed by atoms with Crippen LogP contribution in [0.4, 0.5) is 0 Å². The first kappa shape index (κ1) is 9.90. The van der Waals surface area contributed by atoms with Crippen molar-refractivity contribution in [1.82, 2.24) is 0 Å². The second-order valence-corrected chi connectivity index (χ2v) is 5.39. The molecule has 0 radical (unpaired) electrons. The van der Waals surface area contributed by atoms with Crippen LogP contribution < -0.4 is 5.73 Å². The number of nitrogens with two attached hydrogens (primary N) is 1. The zero-order valence-electron chi connectivity index (χ0n) is 8.07. The van der Waals surface area contributed by atoms with Gasteiger partial charge in [-0.15, -0.1) is 22.7 Å². The van der Waals surface area contributed by atoms with Gasteiger partial charge < -0.3 is 5.73 Å². The molecule has 0 spiro atoms. The number of rotatable bonds is 3. The molecule has 2 N–H and O–H groups in total. The van der Waals surface area contributed by atoms with E-state index in [9.17, 15) is 0 Å². The first-order valence-electron chi connectivity index (χ1n) is 4.55. The van der Waals surface area contributed by atoms with Crippen molar-refractivity contribution in [2.24, 2.45) is 5.73 Å². The second-order valence-electron chi connectivity index (χ2n) is 3.49. The van der Waals surface area contributed by atoms with Crippen molar-refractivity contribution in [3.05, 3.63) is 44.8 Å². The van der Waals surface area contributed by atoms with Crippen LogP contribution in [0.15, 0.2) is 35.0 Å². The van der Waals surface area contributed by atoms with Crippen LogP contribution in [0.25, 0.3) is 0 Å². The smallest absolute Gasteiger partial charge is 0.0484 e. The summed E-state index contributed by atoms with van der Waals surface area (Å²) >= 11 is 3.56. The topological polar surface area (TPSA) is 26.0 Å². The molecule has 0 aliphatic carbocycles. The van der Waals surface area contributed by atoms with Gasteiger partial charge in [0, 0.05) is 21.7 Å². The molecule has 0 saturated heterocycles. The number of hydrogen-bond acceptors (Lipinski definition) is 3. The molecule has 0 saturated carbocycles. The zero-order chi connectivity index (χ0) is 10.0. The lowest BCUT2D eigenvalue weighted by Gasteiger charge is -2.25. The van der Waals surface area contributed by atoms with E-state index >= 15 is 0 Å². The highest BCUT2D eigenvalue weighted by molar-refractivity contribution is 7.11. The molecule has 2 rings (SSSR count). The van der Waals surface area contributed by atoms with Gasteiger partial charge in [0.15, 0.2) is 0 Å². The van der Waals surface area contributed by atoms with Crippen LogP contribution in [0.3, 0.4) is 0 Å². The summed E-state index contributed by atoms with van der Waals surface area (Å²) in [7, 11) is 0. The standard InChI is InChI=1S/C11H13NS2/c1-11(8-12,9-4-2-6-13-9)10-5-3-7-14-10/h2-7H,8,12H2,1H3. The fourth-order valence-electron chi connectivity index (χ4n) is 1.51. The van der Waals surface area contributed by atoms with E-state index in [0.29, 0.717) is 6.54 Å². The Morgan fingerprint density at radius 1 is 1.14 bits per heavy atom. The highest BCUT2D eigenvalue weighted by Gasteiger charge is 2.29. The molecule has 0 aliphatic rings. The molecule has 0 fully saturated rings. The van der Waals surface area contributed by atoms with Crippen molar-refractivity contribution in [2.75, 3.05) is 6.54 Å². The van der Waals surface area contributed by atoms with Crippen LogP contribution in [0, 0.1) is 0 Å². The summed E-state index contributed by atoms with van der Waals surface area (Å²) in [4.78, 5) is 2.70. The van der Waals surface area contributed by atoms with Crippen molar-refractivity contribution in [1.29, 1.82) is 0 Å². The lowest BCUT2D eigenvalue weighted by molar-refractivity contribution is 0.609. The maximum Gasteiger partial charge on any atom is 0.0484 e. The SMILES string of the molecule is CC(CN)(c1cccs1)c1cccs1. The Morgan fingerprint density at radius 3 is 1.93 bits per heavy atom. The van der Waals surface area contributed by atoms with Crippen molar-refractivity contribution in [3.8, 4) is 0 Å². The van der Waals surface area contributed by atoms with Gasteiger partial charge in [0.25, 0.3) is 0 Å². The Bertz CT molecular complexity index is 341. The van der Waals surface area contributed by atoms with E-state index in [2.05, 4.69) is 41.9 Å². The normalized spacial score (nSPS) is 11.9. The monoisotopic (exact) mass is 223 g/mol. The minimum absolute atomic E-state index is 0.00231. The van der Waals surface area contributed by atoms with E-state index in [4.69, 9.17) is 5.73 Å². The summed E-state index contributed by atoms with van der Waals surface area (Å²) in [6.45, 7) is 2.87. The van der Waals surface area contributed by atoms with Gasteiger partial charge in [-0.25, -0.2) is 0 Å². The molecule has 2 aromatic heterocycles. The van der Waals surface area contributed by atoms with Gasteiger partial charge in [-0.3, -0.25) is 0 Å². The van der Waals surface area contributed by atoms with Crippen molar-refractivity contribution in [3.63, 3.8) is 0 Å². The molecule has 3 heteroatoms. The summed E-state index contributed by atoms with van der Waals surface area (Å²) in [5, 5.41) is 4.22. The van der Waals surface area contributed by atoms with Crippen LogP contribution in [0.2, 0.25) is 0 Å². The Balaban J connectivity index is 2.45. The van der Waals surface area contributed by atoms with Gasteiger partial charge in [-0.2, -0.15) is 0 Å². The van der Waals surface area contributed by atoms with Crippen molar-refractivity contribution >= 4 is 22.7 Å². The van der Waals surface area contributed by atoms with Gasteiger partial charge in [0.1, 0.15) is 0 Å². The Hall–Kier alpha value is -0.640. The molecule has 0 aliphatic heterocycles. The Labute approximate surface area is 92.2 Å². The predicted molar refractivity (Wildman–Crippen MR) is 64.1 cm³/mol. The summed E-state index contributed by atoms with van der Waals surface area (Å²) in [5.74, 6) is 0. The number of hydrogen-bond donors (Lipinski definition) is 1. The molecule has 14 heavy (non-hydrogen) atoms. The van der Waals surface area contributed by atoms with Crippen LogP contribution in [-0.2, 0) is 5.41 Å². The molecule has 2 heterocycles. The van der Waals surface area contributed by atoms with Gasteiger partial charge in [0.05, 0.1) is 0 Å². The molecule has 74 valence electrons. The van der Waals surface area contributed by atoms with Crippen LogP contribution in [-0.4, -0.2) is 6.54 Å². The maximum atomic E-state index is 5.90. The highest BCUT2D eigenvalue weighted by Crippen LogP contribution is 2.36. The molecule has 0 atom stereocenters. The molecule has 1 nitrogen and oxygen atoms in total. The second kappa shape index (κ2) is 3.85. The Morgan fingerprint density at radius 2 is 1.64 bits per heavy atom. The van der Waals surface area contributed by atoms with E-state index in [1.54, 1.807) is 22.7 Å². The lowest BCUT2D eigenvalue weighted by atomic mass is 9.87. The van der Waals surface area contributed by atoms with E-state index < -0.39 is 0 Å². The van der Waals surface area contributed by atoms with E-state index in [1.165, 1.54) is 9.75 Å². The van der Waals surface area contributed by atoms with Crippen molar-refractivity contribution < 1.29 is 0 Å². The molecular formula is C11H13NS2. The summed E-state index contributed by atoms with van der Waals surface area (Å²) < 4.78 is 0. The first-order valence-corrected chi connectivity index (χ1v) is 6.31. The molecule has 0 unspecified atom stereocenters. The zero-order valence-corrected chi connectivity index (χ0v) is 9.70. The van der Waals surface area contributed by atoms with E-state index in [-0.39, 0.29) is 5.41 Å². The Kier molecular flexibility index (Phi) is 2.72. The number of thiophene rings is 2. The first-order chi connectivity index (χ1) is 6.77. The third-order valence-corrected chi connectivity index (χ3v) is 4.81. The minimum Gasteiger partial charge on any atom is -0.329 e. The molecule has 2 aromatic rings. The molecule has 0 bridgehead atoms. The summed E-state index contributed by atoms with van der Waals surface area (Å²) in [5.41, 5.74) is 5.91. The lowest BCUT2D eigenvalue weighted by Crippen LogP contribution is -2.31. The van der Waals surface area contributed by atoms with Crippen molar-refractivity contribution in [2.45, 2.75) is 12.3 Å². The van der Waals surface area contributed by atoms with Gasteiger partial charge in [0.2, 0.25) is 0 Å². The highest BCUT2D eigenvalue weighted by atomic mass is 32.1. The summed E-state index contributed by atoms with van der Waals surface area (Å²) in [6, 6.07) is 8.50. The van der Waals surface area contributed by atoms with Gasteiger partial charge in [-0.05, 0) is 29.8 Å². The minimum atomic E-state index is 0.00231. The third-order valence-electron chi connectivity index (χ3n) is 2.54. The average molecular weight is 223 g/mol. The third kappa shape index (κ3) is 1.52. The van der Waals surface area contributed by atoms with Gasteiger partial charge in [-0.1, -0.05) is 12.1 Å². The fourth-order valence-corrected chi connectivity index (χ4v) is 3.40. The van der Waals surface area contributed by atoms with Crippen LogP contribution >= 0.6 is 22.7 Å². The molecule has 0 amide bonds.